The van der Waals surface area contributed by atoms with E-state index in [4.69, 9.17) is 49.8 Å². The number of tetrazole rings is 3. The van der Waals surface area contributed by atoms with Gasteiger partial charge in [0.25, 0.3) is 6.33 Å². The second-order valence-electron chi connectivity index (χ2n) is 29.4. The summed E-state index contributed by atoms with van der Waals surface area (Å²) >= 11 is 19.5. The summed E-state index contributed by atoms with van der Waals surface area (Å²) < 4.78 is 60.8. The maximum absolute atomic E-state index is 15.3. The van der Waals surface area contributed by atoms with Crippen LogP contribution in [0.5, 0.6) is 0 Å². The fourth-order valence-electron chi connectivity index (χ4n) is 14.7. The van der Waals surface area contributed by atoms with Gasteiger partial charge in [0.2, 0.25) is 17.3 Å². The number of rotatable bonds is 25. The number of hydrogen-bond acceptors (Lipinski definition) is 21. The molecular formula is C85H75Cl3F3N21O8S. The molecule has 18 rings (SSSR count). The fraction of sp³-hybridized carbons (Fsp3) is 0.247. The number of ether oxygens (including phenoxy) is 2. The van der Waals surface area contributed by atoms with Crippen molar-refractivity contribution in [3.05, 3.63) is 271 Å². The number of H-pyrrole nitrogens is 2. The number of amides is 2. The first-order valence-electron chi connectivity index (χ1n) is 38.6. The molecule has 36 heteroatoms. The number of imidazole rings is 1. The zero-order chi connectivity index (χ0) is 83.2. The van der Waals surface area contributed by atoms with Gasteiger partial charge in [0, 0.05) is 87.5 Å². The summed E-state index contributed by atoms with van der Waals surface area (Å²) in [7, 11) is 2.54. The van der Waals surface area contributed by atoms with Crippen LogP contribution in [0.1, 0.15) is 145 Å². The zero-order valence-corrected chi connectivity index (χ0v) is 68.0. The van der Waals surface area contributed by atoms with E-state index >= 15 is 8.78 Å². The Morgan fingerprint density at radius 2 is 1.13 bits per heavy atom. The number of nitrogens with one attached hydrogen (secondary N) is 4. The van der Waals surface area contributed by atoms with Crippen molar-refractivity contribution in [2.45, 2.75) is 102 Å². The minimum atomic E-state index is -0.695. The van der Waals surface area contributed by atoms with Gasteiger partial charge in [0.15, 0.2) is 35.1 Å². The number of carbonyl (C=O) groups excluding carboxylic acids is 3. The molecular weight excluding hydrogens is 1640 g/mol. The molecule has 0 spiro atoms. The normalized spacial score (nSPS) is 14.8. The van der Waals surface area contributed by atoms with Crippen LogP contribution in [0.3, 0.4) is 0 Å². The number of benzene rings is 5. The number of esters is 1. The van der Waals surface area contributed by atoms with Gasteiger partial charge in [0.1, 0.15) is 34.1 Å². The molecule has 13 aromatic rings. The lowest BCUT2D eigenvalue weighted by Gasteiger charge is -2.18. The van der Waals surface area contributed by atoms with Crippen LogP contribution in [0.15, 0.2) is 199 Å². The quantitative estimate of drug-likeness (QED) is 0.0234. The second kappa shape index (κ2) is 36.6. The van der Waals surface area contributed by atoms with Crippen LogP contribution in [0, 0.1) is 45.6 Å². The van der Waals surface area contributed by atoms with Gasteiger partial charge in [-0.05, 0) is 154 Å². The number of carbonyl (C=O) groups is 3. The van der Waals surface area contributed by atoms with Crippen molar-refractivity contribution in [1.29, 1.82) is 0 Å². The van der Waals surface area contributed by atoms with Crippen molar-refractivity contribution < 1.29 is 56.6 Å². The second-order valence-corrected chi connectivity index (χ2v) is 31.5. The number of thiophene rings is 1. The Morgan fingerprint density at radius 1 is 0.603 bits per heavy atom. The molecule has 29 nitrogen and oxygen atoms in total. The van der Waals surface area contributed by atoms with Gasteiger partial charge in [0.05, 0.1) is 105 Å². The zero-order valence-electron chi connectivity index (χ0n) is 64.9. The Balaban J connectivity index is 0.000000141. The number of nitrogens with zero attached hydrogens (tertiary/aromatic N) is 17. The highest BCUT2D eigenvalue weighted by molar-refractivity contribution is 7.12. The number of aromatic amines is 2. The molecule has 8 aromatic heterocycles. The lowest BCUT2D eigenvalue weighted by Crippen LogP contribution is -2.35. The first kappa shape index (κ1) is 83.0. The topological polar surface area (TPSA) is 377 Å². The van der Waals surface area contributed by atoms with E-state index < -0.39 is 29.5 Å². The fourth-order valence-corrected chi connectivity index (χ4v) is 16.0. The molecule has 3 aliphatic carbocycles. The monoisotopic (exact) mass is 1710 g/mol. The number of methoxy groups -OCH3 is 2. The lowest BCUT2D eigenvalue weighted by molar-refractivity contribution is -0.659. The lowest BCUT2D eigenvalue weighted by atomic mass is 9.90. The van der Waals surface area contributed by atoms with Crippen molar-refractivity contribution in [2.75, 3.05) is 24.9 Å². The van der Waals surface area contributed by atoms with Crippen molar-refractivity contribution in [3.8, 4) is 61.7 Å². The molecule has 5 aromatic carbocycles. The van der Waals surface area contributed by atoms with Gasteiger partial charge in [-0.25, -0.2) is 27.7 Å². The Labute approximate surface area is 708 Å². The van der Waals surface area contributed by atoms with Crippen molar-refractivity contribution in [1.82, 2.24) is 70.9 Å². The van der Waals surface area contributed by atoms with Gasteiger partial charge in [-0.3, -0.25) is 25.1 Å². The van der Waals surface area contributed by atoms with Crippen LogP contribution in [-0.2, 0) is 14.3 Å². The molecule has 2 aliphatic heterocycles. The molecule has 0 radical (unpaired) electrons. The van der Waals surface area contributed by atoms with E-state index in [9.17, 15) is 29.2 Å². The van der Waals surface area contributed by atoms with Gasteiger partial charge >= 0.3 is 12.1 Å². The van der Waals surface area contributed by atoms with E-state index in [-0.39, 0.29) is 55.2 Å². The third kappa shape index (κ3) is 18.8. The van der Waals surface area contributed by atoms with E-state index in [1.807, 2.05) is 79.9 Å². The molecule has 5 aliphatic rings. The van der Waals surface area contributed by atoms with E-state index in [1.54, 1.807) is 77.2 Å². The molecule has 10 heterocycles. The molecule has 616 valence electrons. The van der Waals surface area contributed by atoms with Crippen LogP contribution < -0.4 is 24.8 Å². The van der Waals surface area contributed by atoms with Crippen LogP contribution in [0.4, 0.5) is 29.3 Å². The standard InChI is InChI=1S/C30H27ClFN7O2.C29H25ClFN7O3.C26H21ClFN7O2S.H2O/c1-2-28(40)34-21-8-5-19(6-9-21)24-11-12-25(35-24)22(15-18-3-4-18)26-13-7-20(16-39(26)41)29-27(38-17-33-36-37-38)14-10-23(31)30(29)32;1-41-29(39)33-20-7-4-18(5-8-20)23-10-11-24(34-23)21(14-17-2-3-17)25-12-6-19(15-38(25)40)27-26(37-16-32-35-36-37)13-9-22(30)28(27)31;1-37-26(36)24-23(28)19(12-38-24)21-11-30-25(32-21)18(8-14-2-3-14)20-6-4-15(10-29-20)17-9-16(27)5-7-22(17)35-13-31-33-34-35;/h5-11,13-14,16-18,22H,2-4,12,15H2,1H3,(H,34,40);4-10,12-13,15-17,21H,2-3,11,14H2,1H3,(H,33,39);4-7,9-14,18H,2-3,8H2,1H3,(H,30,32);1H2. The van der Waals surface area contributed by atoms with Crippen molar-refractivity contribution in [3.63, 3.8) is 0 Å². The Kier molecular flexibility index (Phi) is 25.1. The average Bonchev–Trinajstić information content (AvgIpc) is 1.74. The first-order valence-corrected chi connectivity index (χ1v) is 40.6. The predicted molar refractivity (Wildman–Crippen MR) is 446 cm³/mol. The molecule has 3 fully saturated rings. The molecule has 3 saturated carbocycles. The van der Waals surface area contributed by atoms with Crippen LogP contribution in [0.2, 0.25) is 15.1 Å². The van der Waals surface area contributed by atoms with Gasteiger partial charge < -0.3 is 35.7 Å². The first-order chi connectivity index (χ1) is 58.3. The predicted octanol–water partition coefficient (Wildman–Crippen LogP) is 16.5. The van der Waals surface area contributed by atoms with Crippen LogP contribution in [-0.4, -0.2) is 120 Å². The van der Waals surface area contributed by atoms with E-state index in [2.05, 4.69) is 82.7 Å². The molecule has 121 heavy (non-hydrogen) atoms. The summed E-state index contributed by atoms with van der Waals surface area (Å²) in [5, 5.41) is 67.3. The SMILES string of the molecule is CCC(=O)Nc1ccc(C2=CCC(C(CC3CC3)c3ccc(-c4c(-n5cnnn5)ccc(Cl)c4F)c[n+]3[O-])=N2)cc1.COC(=O)Nc1ccc(C2=CCC(C(CC3CC3)c3ccc(-c4c(-n5cnnn5)ccc(Cl)c4F)c[n+]3[O-])=N2)cc1.COC(=O)c1scc(-c2cnc(C(CC3CC3)c3ccc(-c4cc(Cl)ccc4-[n+]4cnn[nH]4)cn3)[nH]2)c1F.[OH-]. The number of allylic oxidation sites excluding steroid dienone is 2. The molecule has 3 unspecified atom stereocenters. The maximum Gasteiger partial charge on any atom is 0.411 e. The molecule has 0 saturated heterocycles. The average molecular weight is 1710 g/mol. The minimum Gasteiger partial charge on any atom is -0.870 e. The number of hydrogen-bond donors (Lipinski definition) is 4. The third-order valence-corrected chi connectivity index (χ3v) is 23.2. The van der Waals surface area contributed by atoms with E-state index in [0.717, 1.165) is 128 Å². The van der Waals surface area contributed by atoms with E-state index in [1.165, 1.54) is 73.6 Å². The third-order valence-electron chi connectivity index (χ3n) is 21.4. The number of aliphatic imine (C=N–C) groups is 2. The van der Waals surface area contributed by atoms with Crippen molar-refractivity contribution in [2.24, 2.45) is 27.7 Å². The van der Waals surface area contributed by atoms with Crippen LogP contribution >= 0.6 is 46.1 Å². The number of pyridine rings is 3. The molecule has 3 atom stereocenters. The Morgan fingerprint density at radius 3 is 1.60 bits per heavy atom. The molecule has 2 amide bonds. The summed E-state index contributed by atoms with van der Waals surface area (Å²) in [5.41, 5.74) is 13.8. The highest BCUT2D eigenvalue weighted by Crippen LogP contribution is 2.46. The number of aromatic nitrogens is 17. The van der Waals surface area contributed by atoms with Gasteiger partial charge in [-0.15, -0.1) is 26.2 Å². The van der Waals surface area contributed by atoms with Gasteiger partial charge in [-0.1, -0.05) is 128 Å². The van der Waals surface area contributed by atoms with Gasteiger partial charge in [-0.2, -0.15) is 18.8 Å². The highest BCUT2D eigenvalue weighted by atomic mass is 35.5. The maximum atomic E-state index is 15.3. The summed E-state index contributed by atoms with van der Waals surface area (Å²) in [6, 6.07) is 37.5. The molecule has 5 N–H and O–H groups in total. The Bertz CT molecular complexity index is 5860. The minimum absolute atomic E-state index is 0. The summed E-state index contributed by atoms with van der Waals surface area (Å²) in [5.74, 6) is -0.723. The summed E-state index contributed by atoms with van der Waals surface area (Å²) in [6.07, 6.45) is 25.1. The van der Waals surface area contributed by atoms with E-state index in [0.29, 0.717) is 98.7 Å². The smallest absolute Gasteiger partial charge is 0.411 e. The number of anilines is 2. The summed E-state index contributed by atoms with van der Waals surface area (Å²) in [4.78, 5) is 57.5. The van der Waals surface area contributed by atoms with Crippen LogP contribution in [0.25, 0.3) is 73.1 Å². The number of halogens is 6. The largest absolute Gasteiger partial charge is 0.870 e. The van der Waals surface area contributed by atoms with Crippen molar-refractivity contribution >= 4 is 98.3 Å². The summed E-state index contributed by atoms with van der Waals surface area (Å²) in [6.45, 7) is 1.81. The molecule has 0 bridgehead atoms. The Hall–Kier alpha value is -13.1. The highest BCUT2D eigenvalue weighted by Gasteiger charge is 2.38.